The molecule has 1 N–H and O–H groups in total. The van der Waals surface area contributed by atoms with Crippen LogP contribution in [0.4, 0.5) is 0 Å². The molecule has 1 rings (SSSR count). The predicted molar refractivity (Wildman–Crippen MR) is 46.1 cm³/mol. The third-order valence-corrected chi connectivity index (χ3v) is 2.03. The number of hydrogen-bond acceptors (Lipinski definition) is 2. The molecule has 0 bridgehead atoms. The van der Waals surface area contributed by atoms with Gasteiger partial charge in [0.2, 0.25) is 0 Å². The lowest BCUT2D eigenvalue weighted by Gasteiger charge is -2.01. The molecule has 0 saturated heterocycles. The number of halogens is 1. The number of benzene rings is 1. The lowest BCUT2D eigenvalue weighted by atomic mass is 10.1. The molecule has 11 heavy (non-hydrogen) atoms. The quantitative estimate of drug-likeness (QED) is 0.605. The number of phenols is 1. The van der Waals surface area contributed by atoms with Gasteiger partial charge in [0.15, 0.2) is 6.29 Å². The van der Waals surface area contributed by atoms with Crippen LogP contribution in [0.1, 0.15) is 15.9 Å². The van der Waals surface area contributed by atoms with Crippen molar-refractivity contribution in [3.63, 3.8) is 0 Å². The van der Waals surface area contributed by atoms with E-state index in [-0.39, 0.29) is 5.75 Å². The Labute approximate surface area is 73.0 Å². The van der Waals surface area contributed by atoms with E-state index in [1.807, 2.05) is 0 Å². The van der Waals surface area contributed by atoms with Crippen LogP contribution in [0.3, 0.4) is 0 Å². The van der Waals surface area contributed by atoms with Crippen molar-refractivity contribution in [1.82, 2.24) is 0 Å². The molecule has 0 spiro atoms. The summed E-state index contributed by atoms with van der Waals surface area (Å²) in [7, 11) is 0. The third kappa shape index (κ3) is 1.60. The summed E-state index contributed by atoms with van der Waals surface area (Å²) in [4.78, 5) is 10.3. The van der Waals surface area contributed by atoms with Crippen LogP contribution in [0, 0.1) is 0 Å². The Morgan fingerprint density at radius 1 is 1.55 bits per heavy atom. The summed E-state index contributed by atoms with van der Waals surface area (Å²) in [6.07, 6.45) is 0.640. The average Bonchev–Trinajstić information content (AvgIpc) is 2.05. The van der Waals surface area contributed by atoms with E-state index in [0.717, 1.165) is 5.56 Å². The van der Waals surface area contributed by atoms with Gasteiger partial charge in [0.25, 0.3) is 0 Å². The van der Waals surface area contributed by atoms with Crippen LogP contribution < -0.4 is 0 Å². The number of hydrogen-bond donors (Lipinski definition) is 1. The number of phenolic OH excluding ortho intramolecular Hbond substituents is 1. The van der Waals surface area contributed by atoms with Gasteiger partial charge in [-0.3, -0.25) is 4.79 Å². The minimum atomic E-state index is 0.0689. The largest absolute Gasteiger partial charge is 0.507 e. The first-order chi connectivity index (χ1) is 5.29. The van der Waals surface area contributed by atoms with Gasteiger partial charge in [-0.15, -0.1) is 0 Å². The zero-order valence-corrected chi connectivity index (χ0v) is 7.34. The van der Waals surface area contributed by atoms with Crippen molar-refractivity contribution >= 4 is 22.2 Å². The van der Waals surface area contributed by atoms with E-state index in [9.17, 15) is 9.90 Å². The van der Waals surface area contributed by atoms with Crippen molar-refractivity contribution in [2.45, 2.75) is 5.33 Å². The van der Waals surface area contributed by atoms with Gasteiger partial charge < -0.3 is 5.11 Å². The number of aromatic hydroxyl groups is 1. The maximum absolute atomic E-state index is 10.3. The van der Waals surface area contributed by atoms with Crippen molar-refractivity contribution in [2.75, 3.05) is 0 Å². The zero-order valence-electron chi connectivity index (χ0n) is 5.75. The first-order valence-corrected chi connectivity index (χ1v) is 4.23. The van der Waals surface area contributed by atoms with E-state index in [1.54, 1.807) is 18.2 Å². The summed E-state index contributed by atoms with van der Waals surface area (Å²) >= 11 is 3.20. The number of aldehydes is 1. The normalized spacial score (nSPS) is 9.55. The van der Waals surface area contributed by atoms with Crippen molar-refractivity contribution in [3.8, 4) is 5.75 Å². The summed E-state index contributed by atoms with van der Waals surface area (Å²) < 4.78 is 0. The van der Waals surface area contributed by atoms with Gasteiger partial charge in [-0.05, 0) is 6.07 Å². The van der Waals surface area contributed by atoms with Gasteiger partial charge in [-0.25, -0.2) is 0 Å². The average molecular weight is 215 g/mol. The Bertz CT molecular complexity index is 271. The van der Waals surface area contributed by atoms with Crippen LogP contribution in [0.15, 0.2) is 18.2 Å². The van der Waals surface area contributed by atoms with E-state index < -0.39 is 0 Å². The lowest BCUT2D eigenvalue weighted by Crippen LogP contribution is -1.85. The molecule has 0 saturated carbocycles. The van der Waals surface area contributed by atoms with Crippen LogP contribution in [-0.4, -0.2) is 11.4 Å². The van der Waals surface area contributed by atoms with Gasteiger partial charge in [-0.2, -0.15) is 0 Å². The molecule has 0 unspecified atom stereocenters. The molecule has 58 valence electrons. The number of rotatable bonds is 2. The van der Waals surface area contributed by atoms with Crippen molar-refractivity contribution < 1.29 is 9.90 Å². The fourth-order valence-corrected chi connectivity index (χ4v) is 1.27. The first-order valence-electron chi connectivity index (χ1n) is 3.11. The molecular formula is C8H7BrO2. The van der Waals surface area contributed by atoms with Crippen LogP contribution >= 0.6 is 15.9 Å². The second-order valence-corrected chi connectivity index (χ2v) is 2.67. The molecule has 0 heterocycles. The molecule has 0 atom stereocenters. The Kier molecular flexibility index (Phi) is 2.65. The van der Waals surface area contributed by atoms with E-state index in [0.29, 0.717) is 17.2 Å². The molecule has 0 aromatic heterocycles. The summed E-state index contributed by atoms with van der Waals surface area (Å²) in [6, 6.07) is 5.08. The summed E-state index contributed by atoms with van der Waals surface area (Å²) in [6.45, 7) is 0. The molecular weight excluding hydrogens is 208 g/mol. The fraction of sp³-hybridized carbons (Fsp3) is 0.125. The van der Waals surface area contributed by atoms with Crippen LogP contribution in [0.25, 0.3) is 0 Å². The Hall–Kier alpha value is -0.830. The minimum Gasteiger partial charge on any atom is -0.507 e. The number of alkyl halides is 1. The molecule has 0 fully saturated rings. The Morgan fingerprint density at radius 3 is 2.82 bits per heavy atom. The van der Waals surface area contributed by atoms with Gasteiger partial charge in [-0.1, -0.05) is 28.1 Å². The van der Waals surface area contributed by atoms with E-state index >= 15 is 0 Å². The zero-order chi connectivity index (χ0) is 8.27. The molecule has 0 aliphatic carbocycles. The van der Waals surface area contributed by atoms with Gasteiger partial charge in [0.05, 0.1) is 5.56 Å². The Balaban J connectivity index is 3.20. The third-order valence-electron chi connectivity index (χ3n) is 1.42. The fourth-order valence-electron chi connectivity index (χ4n) is 0.814. The molecule has 1 aromatic carbocycles. The van der Waals surface area contributed by atoms with Gasteiger partial charge in [0, 0.05) is 10.9 Å². The van der Waals surface area contributed by atoms with Gasteiger partial charge in [0.1, 0.15) is 5.75 Å². The summed E-state index contributed by atoms with van der Waals surface area (Å²) in [5.74, 6) is 0.0689. The minimum absolute atomic E-state index is 0.0689. The maximum atomic E-state index is 10.3. The second-order valence-electron chi connectivity index (χ2n) is 2.11. The highest BCUT2D eigenvalue weighted by atomic mass is 79.9. The maximum Gasteiger partial charge on any atom is 0.153 e. The molecule has 0 radical (unpaired) electrons. The Morgan fingerprint density at radius 2 is 2.27 bits per heavy atom. The van der Waals surface area contributed by atoms with Crippen molar-refractivity contribution in [1.29, 1.82) is 0 Å². The van der Waals surface area contributed by atoms with Crippen molar-refractivity contribution in [3.05, 3.63) is 29.3 Å². The first kappa shape index (κ1) is 8.27. The standard InChI is InChI=1S/C8H7BrO2/c9-4-6-2-1-3-7(5-10)8(6)11/h1-3,5,11H,4H2. The van der Waals surface area contributed by atoms with E-state index in [1.165, 1.54) is 0 Å². The molecule has 0 aliphatic heterocycles. The lowest BCUT2D eigenvalue weighted by molar-refractivity contribution is 0.112. The molecule has 1 aromatic rings. The van der Waals surface area contributed by atoms with Crippen LogP contribution in [0.5, 0.6) is 5.75 Å². The highest BCUT2D eigenvalue weighted by Crippen LogP contribution is 2.22. The summed E-state index contributed by atoms with van der Waals surface area (Å²) in [5, 5.41) is 9.88. The topological polar surface area (TPSA) is 37.3 Å². The van der Waals surface area contributed by atoms with E-state index in [2.05, 4.69) is 15.9 Å². The van der Waals surface area contributed by atoms with Crippen LogP contribution in [-0.2, 0) is 5.33 Å². The molecule has 3 heteroatoms. The number of carbonyl (C=O) groups is 1. The molecule has 0 aliphatic rings. The van der Waals surface area contributed by atoms with Gasteiger partial charge >= 0.3 is 0 Å². The highest BCUT2D eigenvalue weighted by molar-refractivity contribution is 9.08. The van der Waals surface area contributed by atoms with Crippen molar-refractivity contribution in [2.24, 2.45) is 0 Å². The number of para-hydroxylation sites is 1. The van der Waals surface area contributed by atoms with E-state index in [4.69, 9.17) is 0 Å². The number of carbonyl (C=O) groups excluding carboxylic acids is 1. The second kappa shape index (κ2) is 3.53. The molecule has 2 nitrogen and oxygen atoms in total. The predicted octanol–water partition coefficient (Wildman–Crippen LogP) is 2.10. The summed E-state index contributed by atoms with van der Waals surface area (Å²) in [5.41, 5.74) is 1.07. The van der Waals surface area contributed by atoms with Crippen LogP contribution in [0.2, 0.25) is 0 Å². The SMILES string of the molecule is O=Cc1cccc(CBr)c1O. The molecule has 0 amide bonds. The highest BCUT2D eigenvalue weighted by Gasteiger charge is 2.03. The smallest absolute Gasteiger partial charge is 0.153 e. The monoisotopic (exact) mass is 214 g/mol.